The molecule has 1 aromatic heterocycles. The van der Waals surface area contributed by atoms with E-state index in [0.717, 1.165) is 32.2 Å². The van der Waals surface area contributed by atoms with E-state index in [4.69, 9.17) is 9.15 Å². The van der Waals surface area contributed by atoms with Gasteiger partial charge in [-0.2, -0.15) is 0 Å². The van der Waals surface area contributed by atoms with Gasteiger partial charge >= 0.3 is 0 Å². The van der Waals surface area contributed by atoms with Crippen molar-refractivity contribution in [3.8, 4) is 0 Å². The van der Waals surface area contributed by atoms with E-state index in [-0.39, 0.29) is 0 Å². The standard InChI is InChI=1S/C16H27NO2/c1-3-17(12-15-8-10-18-13-15)9-11-19-16-7-5-4-6-14(16)2/h8,10,13-14,16H,3-7,9,11-12H2,1-2H3. The summed E-state index contributed by atoms with van der Waals surface area (Å²) in [4.78, 5) is 2.40. The summed E-state index contributed by atoms with van der Waals surface area (Å²) in [5.74, 6) is 0.734. The molecule has 2 atom stereocenters. The van der Waals surface area contributed by atoms with E-state index in [0.29, 0.717) is 6.10 Å². The number of ether oxygens (including phenoxy) is 1. The lowest BCUT2D eigenvalue weighted by Gasteiger charge is -2.29. The molecule has 3 nitrogen and oxygen atoms in total. The molecule has 0 N–H and O–H groups in total. The number of rotatable bonds is 7. The Balaban J connectivity index is 1.68. The summed E-state index contributed by atoms with van der Waals surface area (Å²) in [5, 5.41) is 0. The molecule has 1 aliphatic rings. The van der Waals surface area contributed by atoms with Crippen molar-refractivity contribution < 1.29 is 9.15 Å². The van der Waals surface area contributed by atoms with Gasteiger partial charge in [-0.15, -0.1) is 0 Å². The maximum atomic E-state index is 6.08. The van der Waals surface area contributed by atoms with E-state index < -0.39 is 0 Å². The van der Waals surface area contributed by atoms with Gasteiger partial charge in [-0.05, 0) is 31.4 Å². The molecule has 1 fully saturated rings. The molecule has 0 saturated heterocycles. The first-order valence-electron chi connectivity index (χ1n) is 7.64. The van der Waals surface area contributed by atoms with Crippen molar-refractivity contribution in [3.63, 3.8) is 0 Å². The van der Waals surface area contributed by atoms with E-state index in [1.165, 1.54) is 31.2 Å². The van der Waals surface area contributed by atoms with Gasteiger partial charge in [0, 0.05) is 18.7 Å². The van der Waals surface area contributed by atoms with Crippen LogP contribution in [0.25, 0.3) is 0 Å². The van der Waals surface area contributed by atoms with Crippen molar-refractivity contribution >= 4 is 0 Å². The van der Waals surface area contributed by atoms with Crippen LogP contribution in [0.1, 0.15) is 45.1 Å². The molecule has 1 heterocycles. The molecule has 1 aromatic rings. The first-order chi connectivity index (χ1) is 9.29. The zero-order valence-corrected chi connectivity index (χ0v) is 12.3. The average Bonchev–Trinajstić information content (AvgIpc) is 2.92. The number of likely N-dealkylation sites (N-methyl/N-ethyl adjacent to an activating group) is 1. The molecule has 1 saturated carbocycles. The Kier molecular flexibility index (Phi) is 5.93. The maximum absolute atomic E-state index is 6.08. The molecule has 0 spiro atoms. The van der Waals surface area contributed by atoms with Gasteiger partial charge in [0.1, 0.15) is 0 Å². The topological polar surface area (TPSA) is 25.6 Å². The number of nitrogens with zero attached hydrogens (tertiary/aromatic N) is 1. The molecular formula is C16H27NO2. The van der Waals surface area contributed by atoms with Crippen LogP contribution in [0.15, 0.2) is 23.0 Å². The van der Waals surface area contributed by atoms with Gasteiger partial charge in [0.25, 0.3) is 0 Å². The van der Waals surface area contributed by atoms with Gasteiger partial charge in [-0.25, -0.2) is 0 Å². The van der Waals surface area contributed by atoms with Crippen LogP contribution in [0.2, 0.25) is 0 Å². The first-order valence-corrected chi connectivity index (χ1v) is 7.64. The summed E-state index contributed by atoms with van der Waals surface area (Å²) < 4.78 is 11.2. The van der Waals surface area contributed by atoms with Gasteiger partial charge in [-0.3, -0.25) is 4.90 Å². The zero-order chi connectivity index (χ0) is 13.5. The number of hydrogen-bond acceptors (Lipinski definition) is 3. The third-order valence-corrected chi connectivity index (χ3v) is 4.21. The Morgan fingerprint density at radius 3 is 2.89 bits per heavy atom. The van der Waals surface area contributed by atoms with E-state index in [1.807, 2.05) is 12.3 Å². The second-order valence-electron chi connectivity index (χ2n) is 5.67. The second kappa shape index (κ2) is 7.71. The highest BCUT2D eigenvalue weighted by Gasteiger charge is 2.21. The normalized spacial score (nSPS) is 23.9. The molecule has 19 heavy (non-hydrogen) atoms. The molecule has 0 radical (unpaired) electrons. The molecule has 108 valence electrons. The van der Waals surface area contributed by atoms with E-state index in [9.17, 15) is 0 Å². The van der Waals surface area contributed by atoms with Gasteiger partial charge in [0.05, 0.1) is 25.2 Å². The molecule has 0 aromatic carbocycles. The molecule has 2 unspecified atom stereocenters. The fourth-order valence-electron chi connectivity index (χ4n) is 2.85. The van der Waals surface area contributed by atoms with Gasteiger partial charge in [0.15, 0.2) is 0 Å². The molecule has 2 rings (SSSR count). The summed E-state index contributed by atoms with van der Waals surface area (Å²) in [6.45, 7) is 8.38. The zero-order valence-electron chi connectivity index (χ0n) is 12.3. The van der Waals surface area contributed by atoms with Gasteiger partial charge in [-0.1, -0.05) is 26.7 Å². The lowest BCUT2D eigenvalue weighted by molar-refractivity contribution is -0.0141. The van der Waals surface area contributed by atoms with Crippen LogP contribution in [-0.2, 0) is 11.3 Å². The van der Waals surface area contributed by atoms with Crippen LogP contribution in [0, 0.1) is 5.92 Å². The van der Waals surface area contributed by atoms with Crippen LogP contribution in [0.4, 0.5) is 0 Å². The largest absolute Gasteiger partial charge is 0.472 e. The molecular weight excluding hydrogens is 238 g/mol. The van der Waals surface area contributed by atoms with E-state index >= 15 is 0 Å². The Labute approximate surface area is 116 Å². The highest BCUT2D eigenvalue weighted by atomic mass is 16.5. The van der Waals surface area contributed by atoms with Crippen molar-refractivity contribution in [2.24, 2.45) is 5.92 Å². The molecule has 0 bridgehead atoms. The second-order valence-corrected chi connectivity index (χ2v) is 5.67. The quantitative estimate of drug-likeness (QED) is 0.752. The van der Waals surface area contributed by atoms with Crippen molar-refractivity contribution in [1.82, 2.24) is 4.90 Å². The average molecular weight is 265 g/mol. The van der Waals surface area contributed by atoms with Crippen LogP contribution in [0.3, 0.4) is 0 Å². The summed E-state index contributed by atoms with van der Waals surface area (Å²) in [6, 6.07) is 2.03. The van der Waals surface area contributed by atoms with Crippen LogP contribution < -0.4 is 0 Å². The Morgan fingerprint density at radius 2 is 2.21 bits per heavy atom. The number of hydrogen-bond donors (Lipinski definition) is 0. The highest BCUT2D eigenvalue weighted by molar-refractivity contribution is 5.04. The SMILES string of the molecule is CCN(CCOC1CCCCC1C)Cc1ccoc1. The lowest BCUT2D eigenvalue weighted by Crippen LogP contribution is -2.31. The lowest BCUT2D eigenvalue weighted by atomic mass is 9.88. The van der Waals surface area contributed by atoms with Crippen molar-refractivity contribution in [1.29, 1.82) is 0 Å². The van der Waals surface area contributed by atoms with Crippen LogP contribution >= 0.6 is 0 Å². The summed E-state index contributed by atoms with van der Waals surface area (Å²) >= 11 is 0. The van der Waals surface area contributed by atoms with E-state index in [2.05, 4.69) is 18.7 Å². The van der Waals surface area contributed by atoms with Crippen molar-refractivity contribution in [2.45, 2.75) is 52.2 Å². The molecule has 1 aliphatic carbocycles. The van der Waals surface area contributed by atoms with Crippen molar-refractivity contribution in [2.75, 3.05) is 19.7 Å². The maximum Gasteiger partial charge on any atom is 0.0947 e. The Morgan fingerprint density at radius 1 is 1.37 bits per heavy atom. The minimum atomic E-state index is 0.487. The minimum absolute atomic E-state index is 0.487. The minimum Gasteiger partial charge on any atom is -0.472 e. The predicted octanol–water partition coefficient (Wildman–Crippen LogP) is 3.70. The van der Waals surface area contributed by atoms with Gasteiger partial charge in [0.2, 0.25) is 0 Å². The monoisotopic (exact) mass is 265 g/mol. The van der Waals surface area contributed by atoms with E-state index in [1.54, 1.807) is 6.26 Å². The van der Waals surface area contributed by atoms with Gasteiger partial charge < -0.3 is 9.15 Å². The summed E-state index contributed by atoms with van der Waals surface area (Å²) in [7, 11) is 0. The Bertz CT molecular complexity index is 337. The molecule has 0 amide bonds. The Hall–Kier alpha value is -0.800. The number of furan rings is 1. The first kappa shape index (κ1) is 14.6. The van der Waals surface area contributed by atoms with Crippen LogP contribution in [-0.4, -0.2) is 30.7 Å². The fraction of sp³-hybridized carbons (Fsp3) is 0.750. The smallest absolute Gasteiger partial charge is 0.0947 e. The van der Waals surface area contributed by atoms with Crippen LogP contribution in [0.5, 0.6) is 0 Å². The highest BCUT2D eigenvalue weighted by Crippen LogP contribution is 2.26. The fourth-order valence-corrected chi connectivity index (χ4v) is 2.85. The molecule has 3 heteroatoms. The molecule has 0 aliphatic heterocycles. The summed E-state index contributed by atoms with van der Waals surface area (Å²) in [6.07, 6.45) is 9.34. The third kappa shape index (κ3) is 4.66. The summed E-state index contributed by atoms with van der Waals surface area (Å²) in [5.41, 5.74) is 1.24. The predicted molar refractivity (Wildman–Crippen MR) is 77.0 cm³/mol. The third-order valence-electron chi connectivity index (χ3n) is 4.21. The van der Waals surface area contributed by atoms with Crippen molar-refractivity contribution in [3.05, 3.63) is 24.2 Å².